The van der Waals surface area contributed by atoms with Crippen molar-refractivity contribution in [3.63, 3.8) is 0 Å². The van der Waals surface area contributed by atoms with Crippen molar-refractivity contribution in [3.8, 4) is 5.75 Å². The summed E-state index contributed by atoms with van der Waals surface area (Å²) in [6.07, 6.45) is 0. The number of rotatable bonds is 3. The summed E-state index contributed by atoms with van der Waals surface area (Å²) in [5, 5.41) is 0. The fourth-order valence-corrected chi connectivity index (χ4v) is 1.06. The zero-order valence-corrected chi connectivity index (χ0v) is 7.55. The molecule has 0 aliphatic heterocycles. The van der Waals surface area contributed by atoms with E-state index in [2.05, 4.69) is 0 Å². The summed E-state index contributed by atoms with van der Waals surface area (Å²) in [5.41, 5.74) is 1.27. The minimum absolute atomic E-state index is 0.195. The standard InChI is InChI=1S/C11H14O2/c1-8-5-4-6-9(2)11(8)13-7-10(3)12/h4-6H,7H2,1-3H3/i3D3,7D2. The molecule has 0 spiro atoms. The lowest BCUT2D eigenvalue weighted by Gasteiger charge is -2.09. The topological polar surface area (TPSA) is 26.3 Å². The van der Waals surface area contributed by atoms with Crippen molar-refractivity contribution < 1.29 is 16.4 Å². The van der Waals surface area contributed by atoms with E-state index in [9.17, 15) is 4.79 Å². The van der Waals surface area contributed by atoms with Crippen LogP contribution in [0.15, 0.2) is 18.2 Å². The normalized spacial score (nSPS) is 17.5. The van der Waals surface area contributed by atoms with Gasteiger partial charge in [0.2, 0.25) is 0 Å². The first kappa shape index (κ1) is 4.80. The Bertz CT molecular complexity index is 445. The van der Waals surface area contributed by atoms with Crippen molar-refractivity contribution in [1.29, 1.82) is 0 Å². The Hall–Kier alpha value is -1.31. The molecular formula is C11H14O2. The first-order chi connectivity index (χ1) is 8.05. The van der Waals surface area contributed by atoms with Gasteiger partial charge in [0.05, 0.1) is 2.74 Å². The molecule has 0 saturated carbocycles. The van der Waals surface area contributed by atoms with E-state index in [1.54, 1.807) is 32.0 Å². The number of carbonyl (C=O) groups is 1. The zero-order chi connectivity index (χ0) is 14.1. The Morgan fingerprint density at radius 2 is 2.15 bits per heavy atom. The van der Waals surface area contributed by atoms with Gasteiger partial charge in [-0.25, -0.2) is 0 Å². The van der Waals surface area contributed by atoms with Crippen LogP contribution in [0.2, 0.25) is 0 Å². The van der Waals surface area contributed by atoms with Gasteiger partial charge in [-0.2, -0.15) is 0 Å². The van der Waals surface area contributed by atoms with Gasteiger partial charge in [0.1, 0.15) is 12.3 Å². The van der Waals surface area contributed by atoms with E-state index in [1.165, 1.54) is 0 Å². The molecule has 0 atom stereocenters. The fraction of sp³-hybridized carbons (Fsp3) is 0.364. The molecule has 2 heteroatoms. The van der Waals surface area contributed by atoms with Crippen LogP contribution < -0.4 is 4.74 Å². The molecule has 13 heavy (non-hydrogen) atoms. The number of para-hydroxylation sites is 1. The van der Waals surface area contributed by atoms with Crippen LogP contribution in [-0.4, -0.2) is 12.3 Å². The number of hydrogen-bond acceptors (Lipinski definition) is 2. The van der Waals surface area contributed by atoms with Crippen LogP contribution in [0.25, 0.3) is 0 Å². The minimum Gasteiger partial charge on any atom is -0.485 e. The average Bonchev–Trinajstić information content (AvgIpc) is 2.21. The van der Waals surface area contributed by atoms with Crippen molar-refractivity contribution in [2.24, 2.45) is 0 Å². The Labute approximate surface area is 85.6 Å². The Morgan fingerprint density at radius 3 is 2.69 bits per heavy atom. The number of ketones is 1. The highest BCUT2D eigenvalue weighted by molar-refractivity contribution is 5.77. The fourth-order valence-electron chi connectivity index (χ4n) is 1.06. The Balaban J connectivity index is 3.07. The van der Waals surface area contributed by atoms with Crippen LogP contribution in [0.5, 0.6) is 5.75 Å². The highest BCUT2D eigenvalue weighted by Gasteiger charge is 2.03. The van der Waals surface area contributed by atoms with Crippen molar-refractivity contribution in [3.05, 3.63) is 29.3 Å². The van der Waals surface area contributed by atoms with E-state index in [0.717, 1.165) is 0 Å². The number of hydrogen-bond donors (Lipinski definition) is 0. The molecule has 0 aliphatic rings. The third-order valence-electron chi connectivity index (χ3n) is 1.65. The molecule has 2 nitrogen and oxygen atoms in total. The summed E-state index contributed by atoms with van der Waals surface area (Å²) in [5.74, 6) is -1.36. The molecule has 0 unspecified atom stereocenters. The lowest BCUT2D eigenvalue weighted by molar-refractivity contribution is -0.118. The average molecular weight is 183 g/mol. The molecule has 0 N–H and O–H groups in total. The van der Waals surface area contributed by atoms with Crippen LogP contribution >= 0.6 is 0 Å². The van der Waals surface area contributed by atoms with Crippen molar-refractivity contribution >= 4 is 5.78 Å². The second-order valence-corrected chi connectivity index (χ2v) is 2.75. The molecule has 0 heterocycles. The number of ether oxygens (including phenoxy) is 1. The molecule has 1 rings (SSSR count). The lowest BCUT2D eigenvalue weighted by atomic mass is 10.1. The van der Waals surface area contributed by atoms with E-state index in [4.69, 9.17) is 11.6 Å². The van der Waals surface area contributed by atoms with Crippen molar-refractivity contribution in [2.75, 3.05) is 6.56 Å². The molecule has 0 aromatic heterocycles. The maximum Gasteiger partial charge on any atom is 0.167 e. The summed E-state index contributed by atoms with van der Waals surface area (Å²) in [6, 6.07) is 5.15. The van der Waals surface area contributed by atoms with E-state index in [-0.39, 0.29) is 5.75 Å². The summed E-state index contributed by atoms with van der Waals surface area (Å²) in [6.45, 7) is -2.52. The van der Waals surface area contributed by atoms with Crippen LogP contribution in [0, 0.1) is 13.8 Å². The van der Waals surface area contributed by atoms with E-state index in [1.807, 2.05) is 0 Å². The molecule has 0 amide bonds. The molecule has 70 valence electrons. The third kappa shape index (κ3) is 2.58. The molecule has 1 aromatic rings. The Morgan fingerprint density at radius 1 is 1.54 bits per heavy atom. The summed E-state index contributed by atoms with van der Waals surface area (Å²) in [7, 11) is 0. The lowest BCUT2D eigenvalue weighted by Crippen LogP contribution is -2.08. The van der Waals surface area contributed by atoms with Crippen molar-refractivity contribution in [1.82, 2.24) is 0 Å². The van der Waals surface area contributed by atoms with Crippen molar-refractivity contribution in [2.45, 2.75) is 20.7 Å². The monoisotopic (exact) mass is 183 g/mol. The van der Waals surface area contributed by atoms with Gasteiger partial charge in [-0.15, -0.1) is 0 Å². The largest absolute Gasteiger partial charge is 0.485 e. The number of carbonyl (C=O) groups excluding carboxylic acids is 1. The quantitative estimate of drug-likeness (QED) is 0.718. The zero-order valence-electron chi connectivity index (χ0n) is 12.5. The highest BCUT2D eigenvalue weighted by Crippen LogP contribution is 2.21. The number of benzene rings is 1. The summed E-state index contributed by atoms with van der Waals surface area (Å²) < 4.78 is 40.7. The molecule has 0 aliphatic carbocycles. The number of aryl methyl sites for hydroxylation is 2. The van der Waals surface area contributed by atoms with Gasteiger partial charge in [0.15, 0.2) is 5.78 Å². The molecule has 0 bridgehead atoms. The predicted molar refractivity (Wildman–Crippen MR) is 52.1 cm³/mol. The van der Waals surface area contributed by atoms with Crippen LogP contribution in [0.1, 0.15) is 24.8 Å². The van der Waals surface area contributed by atoms with Crippen LogP contribution in [-0.2, 0) is 4.79 Å². The van der Waals surface area contributed by atoms with Crippen LogP contribution in [0.3, 0.4) is 0 Å². The predicted octanol–water partition coefficient (Wildman–Crippen LogP) is 2.27. The third-order valence-corrected chi connectivity index (χ3v) is 1.65. The van der Waals surface area contributed by atoms with Crippen LogP contribution in [0.4, 0.5) is 0 Å². The smallest absolute Gasteiger partial charge is 0.167 e. The van der Waals surface area contributed by atoms with E-state index >= 15 is 0 Å². The summed E-state index contributed by atoms with van der Waals surface area (Å²) in [4.78, 5) is 11.5. The molecule has 0 fully saturated rings. The molecule has 0 saturated heterocycles. The van der Waals surface area contributed by atoms with E-state index in [0.29, 0.717) is 11.1 Å². The first-order valence-electron chi connectivity index (χ1n) is 6.36. The van der Waals surface area contributed by atoms with E-state index < -0.39 is 19.2 Å². The van der Waals surface area contributed by atoms with Gasteiger partial charge < -0.3 is 4.74 Å². The molecular weight excluding hydrogens is 164 g/mol. The van der Waals surface area contributed by atoms with Gasteiger partial charge in [-0.1, -0.05) is 18.2 Å². The Kier molecular flexibility index (Phi) is 1.50. The van der Waals surface area contributed by atoms with Gasteiger partial charge in [0, 0.05) is 4.11 Å². The van der Waals surface area contributed by atoms with Gasteiger partial charge in [-0.05, 0) is 31.8 Å². The first-order valence-corrected chi connectivity index (χ1v) is 3.86. The molecule has 0 radical (unpaired) electrons. The second-order valence-electron chi connectivity index (χ2n) is 2.75. The number of Topliss-reactive ketones (excluding diaryl/α,β-unsaturated/α-hetero) is 1. The maximum absolute atomic E-state index is 11.5. The maximum atomic E-state index is 11.5. The minimum atomic E-state index is -3.03. The second kappa shape index (κ2) is 4.08. The van der Waals surface area contributed by atoms with Gasteiger partial charge in [-0.3, -0.25) is 4.79 Å². The molecule has 1 aromatic carbocycles. The highest BCUT2D eigenvalue weighted by atomic mass is 16.5. The summed E-state index contributed by atoms with van der Waals surface area (Å²) >= 11 is 0. The van der Waals surface area contributed by atoms with Gasteiger partial charge in [0.25, 0.3) is 0 Å². The van der Waals surface area contributed by atoms with Gasteiger partial charge >= 0.3 is 0 Å². The SMILES string of the molecule is [2H]C([2H])([2H])C(=O)C([2H])([2H])Oc1c(C)cccc1C.